The first-order valence-electron chi connectivity index (χ1n) is 8.10. The van der Waals surface area contributed by atoms with Gasteiger partial charge < -0.3 is 13.9 Å². The van der Waals surface area contributed by atoms with Crippen molar-refractivity contribution in [3.63, 3.8) is 0 Å². The van der Waals surface area contributed by atoms with Crippen molar-refractivity contribution in [1.82, 2.24) is 14.5 Å². The van der Waals surface area contributed by atoms with E-state index >= 15 is 0 Å². The van der Waals surface area contributed by atoms with Crippen molar-refractivity contribution in [1.29, 1.82) is 0 Å². The molecular formula is C18H19N3O3. The van der Waals surface area contributed by atoms with Crippen molar-refractivity contribution >= 4 is 0 Å². The molecule has 0 aromatic carbocycles. The summed E-state index contributed by atoms with van der Waals surface area (Å²) in [5.41, 5.74) is 0.898. The normalized spacial score (nSPS) is 17.8. The third-order valence-electron chi connectivity index (χ3n) is 4.19. The van der Waals surface area contributed by atoms with Gasteiger partial charge in [-0.15, -0.1) is 0 Å². The molecule has 0 N–H and O–H groups in total. The molecule has 124 valence electrons. The molecule has 1 saturated heterocycles. The molecule has 0 bridgehead atoms. The number of furan rings is 1. The van der Waals surface area contributed by atoms with E-state index in [1.165, 1.54) is 6.42 Å². The number of imidazole rings is 1. The Bertz CT molecular complexity index is 801. The van der Waals surface area contributed by atoms with E-state index in [1.54, 1.807) is 19.5 Å². The van der Waals surface area contributed by atoms with Crippen molar-refractivity contribution in [2.75, 3.05) is 13.7 Å². The van der Waals surface area contributed by atoms with E-state index in [4.69, 9.17) is 13.9 Å². The molecule has 1 aliphatic heterocycles. The highest BCUT2D eigenvalue weighted by Crippen LogP contribution is 2.32. The molecule has 4 heterocycles. The molecule has 1 fully saturated rings. The van der Waals surface area contributed by atoms with Gasteiger partial charge >= 0.3 is 0 Å². The number of aromatic nitrogens is 3. The maximum Gasteiger partial charge on any atom is 0.213 e. The van der Waals surface area contributed by atoms with Crippen LogP contribution in [0.5, 0.6) is 5.88 Å². The van der Waals surface area contributed by atoms with Crippen LogP contribution in [-0.2, 0) is 4.74 Å². The lowest BCUT2D eigenvalue weighted by atomic mass is 10.1. The smallest absolute Gasteiger partial charge is 0.213 e. The summed E-state index contributed by atoms with van der Waals surface area (Å²) in [5.74, 6) is 2.91. The molecule has 0 amide bonds. The first kappa shape index (κ1) is 15.0. The lowest BCUT2D eigenvalue weighted by Crippen LogP contribution is -2.10. The topological polar surface area (TPSA) is 62.3 Å². The van der Waals surface area contributed by atoms with E-state index in [0.29, 0.717) is 5.88 Å². The van der Waals surface area contributed by atoms with Gasteiger partial charge in [0.15, 0.2) is 11.6 Å². The number of pyridine rings is 1. The van der Waals surface area contributed by atoms with Gasteiger partial charge in [-0.25, -0.2) is 9.97 Å². The van der Waals surface area contributed by atoms with E-state index in [0.717, 1.165) is 42.5 Å². The van der Waals surface area contributed by atoms with Gasteiger partial charge in [0.2, 0.25) is 5.88 Å². The summed E-state index contributed by atoms with van der Waals surface area (Å²) in [6.45, 7) is 0.798. The minimum atomic E-state index is 0.0542. The van der Waals surface area contributed by atoms with E-state index in [2.05, 4.69) is 9.97 Å². The SMILES string of the molecule is COc1ccc(-n2ccnc2-c2ccc([C@@H]3CCCCO3)o2)cn1. The summed E-state index contributed by atoms with van der Waals surface area (Å²) in [7, 11) is 1.60. The fourth-order valence-electron chi connectivity index (χ4n) is 2.94. The first-order chi connectivity index (χ1) is 11.8. The van der Waals surface area contributed by atoms with E-state index < -0.39 is 0 Å². The molecule has 0 radical (unpaired) electrons. The van der Waals surface area contributed by atoms with Crippen molar-refractivity contribution < 1.29 is 13.9 Å². The van der Waals surface area contributed by atoms with Crippen LogP contribution in [-0.4, -0.2) is 28.3 Å². The van der Waals surface area contributed by atoms with Gasteiger partial charge in [0, 0.05) is 25.1 Å². The maximum atomic E-state index is 6.02. The van der Waals surface area contributed by atoms with Crippen LogP contribution in [0.1, 0.15) is 31.1 Å². The zero-order valence-electron chi connectivity index (χ0n) is 13.5. The molecule has 0 unspecified atom stereocenters. The van der Waals surface area contributed by atoms with Gasteiger partial charge in [-0.3, -0.25) is 4.57 Å². The monoisotopic (exact) mass is 325 g/mol. The van der Waals surface area contributed by atoms with Crippen LogP contribution in [0, 0.1) is 0 Å². The van der Waals surface area contributed by atoms with Crippen LogP contribution in [0.25, 0.3) is 17.3 Å². The van der Waals surface area contributed by atoms with Crippen molar-refractivity contribution in [2.45, 2.75) is 25.4 Å². The van der Waals surface area contributed by atoms with E-state index in [9.17, 15) is 0 Å². The van der Waals surface area contributed by atoms with Gasteiger partial charge in [0.1, 0.15) is 11.9 Å². The molecule has 4 rings (SSSR count). The highest BCUT2D eigenvalue weighted by Gasteiger charge is 2.21. The van der Waals surface area contributed by atoms with Crippen LogP contribution < -0.4 is 4.74 Å². The van der Waals surface area contributed by atoms with Crippen molar-refractivity contribution in [3.05, 3.63) is 48.6 Å². The number of hydrogen-bond donors (Lipinski definition) is 0. The van der Waals surface area contributed by atoms with Gasteiger partial charge in [0.25, 0.3) is 0 Å². The minimum Gasteiger partial charge on any atom is -0.481 e. The Morgan fingerprint density at radius 2 is 2.12 bits per heavy atom. The number of rotatable bonds is 4. The first-order valence-corrected chi connectivity index (χ1v) is 8.10. The third kappa shape index (κ3) is 2.80. The molecule has 1 atom stereocenters. The van der Waals surface area contributed by atoms with Crippen LogP contribution in [0.4, 0.5) is 0 Å². The third-order valence-corrected chi connectivity index (χ3v) is 4.19. The van der Waals surface area contributed by atoms with Gasteiger partial charge in [-0.05, 0) is 37.5 Å². The molecule has 3 aromatic rings. The molecule has 0 spiro atoms. The molecule has 24 heavy (non-hydrogen) atoms. The Hall–Kier alpha value is -2.60. The standard InChI is InChI=1S/C18H19N3O3/c1-22-17-8-5-13(12-20-17)21-10-9-19-18(21)16-7-6-15(24-16)14-4-2-3-11-23-14/h5-10,12,14H,2-4,11H2,1H3/t14-/m0/s1. The number of ether oxygens (including phenoxy) is 2. The summed E-state index contributed by atoms with van der Waals surface area (Å²) < 4.78 is 18.9. The highest BCUT2D eigenvalue weighted by molar-refractivity contribution is 5.52. The van der Waals surface area contributed by atoms with Crippen LogP contribution in [0.3, 0.4) is 0 Å². The summed E-state index contributed by atoms with van der Waals surface area (Å²) in [6.07, 6.45) is 8.74. The summed E-state index contributed by atoms with van der Waals surface area (Å²) in [5, 5.41) is 0. The number of methoxy groups -OCH3 is 1. The predicted octanol–water partition coefficient (Wildman–Crippen LogP) is 3.78. The fraction of sp³-hybridized carbons (Fsp3) is 0.333. The Morgan fingerprint density at radius 1 is 1.17 bits per heavy atom. The maximum absolute atomic E-state index is 6.02. The largest absolute Gasteiger partial charge is 0.481 e. The van der Waals surface area contributed by atoms with Gasteiger partial charge in [-0.2, -0.15) is 0 Å². The van der Waals surface area contributed by atoms with E-state index in [-0.39, 0.29) is 6.10 Å². The molecular weight excluding hydrogens is 306 g/mol. The van der Waals surface area contributed by atoms with Crippen LogP contribution in [0.2, 0.25) is 0 Å². The Kier molecular flexibility index (Phi) is 4.04. The van der Waals surface area contributed by atoms with Gasteiger partial charge in [0.05, 0.1) is 19.0 Å². The van der Waals surface area contributed by atoms with Crippen molar-refractivity contribution in [2.24, 2.45) is 0 Å². The summed E-state index contributed by atoms with van der Waals surface area (Å²) in [4.78, 5) is 8.68. The minimum absolute atomic E-state index is 0.0542. The highest BCUT2D eigenvalue weighted by atomic mass is 16.5. The Labute approximate surface area is 140 Å². The fourth-order valence-corrected chi connectivity index (χ4v) is 2.94. The second-order valence-corrected chi connectivity index (χ2v) is 5.74. The van der Waals surface area contributed by atoms with Crippen LogP contribution >= 0.6 is 0 Å². The Morgan fingerprint density at radius 3 is 2.88 bits per heavy atom. The second-order valence-electron chi connectivity index (χ2n) is 5.74. The van der Waals surface area contributed by atoms with Crippen molar-refractivity contribution in [3.8, 4) is 23.2 Å². The average molecular weight is 325 g/mol. The Balaban J connectivity index is 1.63. The van der Waals surface area contributed by atoms with Gasteiger partial charge in [-0.1, -0.05) is 0 Å². The lowest BCUT2D eigenvalue weighted by molar-refractivity contribution is 0.00219. The molecule has 0 saturated carbocycles. The number of hydrogen-bond acceptors (Lipinski definition) is 5. The molecule has 3 aromatic heterocycles. The zero-order chi connectivity index (χ0) is 16.4. The van der Waals surface area contributed by atoms with E-state index in [1.807, 2.05) is 35.0 Å². The molecule has 0 aliphatic carbocycles. The second kappa shape index (κ2) is 6.49. The summed E-state index contributed by atoms with van der Waals surface area (Å²) >= 11 is 0. The predicted molar refractivity (Wildman–Crippen MR) is 88.2 cm³/mol. The average Bonchev–Trinajstić information content (AvgIpc) is 3.32. The summed E-state index contributed by atoms with van der Waals surface area (Å²) in [6, 6.07) is 7.69. The molecule has 6 nitrogen and oxygen atoms in total. The molecule has 1 aliphatic rings. The quantitative estimate of drug-likeness (QED) is 0.730. The number of nitrogens with zero attached hydrogens (tertiary/aromatic N) is 3. The lowest BCUT2D eigenvalue weighted by Gasteiger charge is -2.20. The zero-order valence-corrected chi connectivity index (χ0v) is 13.5. The molecule has 6 heteroatoms. The van der Waals surface area contributed by atoms with Crippen LogP contribution in [0.15, 0.2) is 47.3 Å².